The van der Waals surface area contributed by atoms with E-state index in [-0.39, 0.29) is 11.8 Å². The Morgan fingerprint density at radius 3 is 2.22 bits per heavy atom. The van der Waals surface area contributed by atoms with Crippen LogP contribution in [0.15, 0.2) is 24.3 Å². The van der Waals surface area contributed by atoms with E-state index < -0.39 is 0 Å². The lowest BCUT2D eigenvalue weighted by molar-refractivity contribution is -0.132. The first-order valence-corrected chi connectivity index (χ1v) is 8.30. The van der Waals surface area contributed by atoms with Gasteiger partial charge in [-0.25, -0.2) is 0 Å². The van der Waals surface area contributed by atoms with E-state index in [1.807, 2.05) is 29.2 Å². The summed E-state index contributed by atoms with van der Waals surface area (Å²) >= 11 is 0. The third-order valence-corrected chi connectivity index (χ3v) is 3.98. The van der Waals surface area contributed by atoms with E-state index in [0.29, 0.717) is 12.3 Å². The molecule has 1 aliphatic heterocycles. The Morgan fingerprint density at radius 2 is 1.70 bits per heavy atom. The third-order valence-electron chi connectivity index (χ3n) is 3.98. The molecule has 126 valence electrons. The fraction of sp³-hybridized carbons (Fsp3) is 0.556. The normalized spacial score (nSPS) is 15.7. The number of carbonyl (C=O) groups excluding carboxylic acids is 2. The smallest absolute Gasteiger partial charge is 0.227 e. The van der Waals surface area contributed by atoms with E-state index in [9.17, 15) is 9.59 Å². The van der Waals surface area contributed by atoms with Gasteiger partial charge in [-0.05, 0) is 23.6 Å². The van der Waals surface area contributed by atoms with Gasteiger partial charge in [-0.15, -0.1) is 0 Å². The van der Waals surface area contributed by atoms with E-state index >= 15 is 0 Å². The van der Waals surface area contributed by atoms with Crippen molar-refractivity contribution >= 4 is 17.5 Å². The van der Waals surface area contributed by atoms with Crippen LogP contribution in [0, 0.1) is 5.92 Å². The van der Waals surface area contributed by atoms with E-state index in [0.717, 1.165) is 44.0 Å². The Morgan fingerprint density at radius 1 is 1.09 bits per heavy atom. The Kier molecular flexibility index (Phi) is 6.16. The molecule has 0 saturated carbocycles. The topological polar surface area (TPSA) is 52.7 Å². The van der Waals surface area contributed by atoms with Crippen molar-refractivity contribution in [1.82, 2.24) is 9.80 Å². The number of piperazine rings is 1. The number of hydrogen-bond donors (Lipinski definition) is 1. The molecule has 1 fully saturated rings. The molecule has 2 amide bonds. The van der Waals surface area contributed by atoms with Crippen LogP contribution in [0.5, 0.6) is 0 Å². The lowest BCUT2D eigenvalue weighted by atomic mass is 10.1. The number of hydrogen-bond acceptors (Lipinski definition) is 3. The van der Waals surface area contributed by atoms with Crippen LogP contribution in [0.25, 0.3) is 0 Å². The van der Waals surface area contributed by atoms with Crippen molar-refractivity contribution < 1.29 is 9.59 Å². The molecule has 1 aromatic carbocycles. The number of anilines is 1. The van der Waals surface area contributed by atoms with E-state index in [1.54, 1.807) is 0 Å². The van der Waals surface area contributed by atoms with Crippen LogP contribution in [-0.2, 0) is 16.0 Å². The fourth-order valence-corrected chi connectivity index (χ4v) is 2.89. The molecule has 23 heavy (non-hydrogen) atoms. The summed E-state index contributed by atoms with van der Waals surface area (Å²) < 4.78 is 0. The molecule has 5 heteroatoms. The van der Waals surface area contributed by atoms with Crippen molar-refractivity contribution in [2.24, 2.45) is 5.92 Å². The quantitative estimate of drug-likeness (QED) is 0.903. The summed E-state index contributed by atoms with van der Waals surface area (Å²) in [6.45, 7) is 10.6. The Bertz CT molecular complexity index is 532. The summed E-state index contributed by atoms with van der Waals surface area (Å²) in [6.07, 6.45) is 0.421. The number of nitrogens with zero attached hydrogens (tertiary/aromatic N) is 2. The summed E-state index contributed by atoms with van der Waals surface area (Å²) in [6, 6.07) is 7.48. The van der Waals surface area contributed by atoms with Gasteiger partial charge < -0.3 is 10.2 Å². The standard InChI is InChI=1S/C18H27N3O2/c1-14(2)13-20-8-10-21(11-9-20)18(23)12-16-4-6-17(7-5-16)19-15(3)22/h4-7,14H,8-13H2,1-3H3,(H,19,22). The van der Waals surface area contributed by atoms with Gasteiger partial charge in [0.15, 0.2) is 0 Å². The second-order valence-electron chi connectivity index (χ2n) is 6.63. The molecule has 0 radical (unpaired) electrons. The van der Waals surface area contributed by atoms with Crippen LogP contribution < -0.4 is 5.32 Å². The Labute approximate surface area is 138 Å². The predicted molar refractivity (Wildman–Crippen MR) is 92.3 cm³/mol. The maximum absolute atomic E-state index is 12.4. The van der Waals surface area contributed by atoms with Crippen LogP contribution in [0.2, 0.25) is 0 Å². The van der Waals surface area contributed by atoms with Crippen LogP contribution in [0.4, 0.5) is 5.69 Å². The third kappa shape index (κ3) is 5.67. The highest BCUT2D eigenvalue weighted by molar-refractivity contribution is 5.88. The monoisotopic (exact) mass is 317 g/mol. The molecule has 0 aliphatic carbocycles. The highest BCUT2D eigenvalue weighted by Crippen LogP contribution is 2.12. The number of amides is 2. The first-order valence-electron chi connectivity index (χ1n) is 8.30. The molecule has 1 aliphatic rings. The summed E-state index contributed by atoms with van der Waals surface area (Å²) in [5, 5.41) is 2.73. The Hall–Kier alpha value is -1.88. The molecular formula is C18H27N3O2. The van der Waals surface area contributed by atoms with Crippen LogP contribution in [0.1, 0.15) is 26.3 Å². The van der Waals surface area contributed by atoms with Gasteiger partial charge in [-0.2, -0.15) is 0 Å². The molecule has 0 aromatic heterocycles. The summed E-state index contributed by atoms with van der Waals surface area (Å²) in [7, 11) is 0. The second-order valence-corrected chi connectivity index (χ2v) is 6.63. The first kappa shape index (κ1) is 17.5. The van der Waals surface area contributed by atoms with Gasteiger partial charge >= 0.3 is 0 Å². The first-order chi connectivity index (χ1) is 10.9. The van der Waals surface area contributed by atoms with Crippen LogP contribution >= 0.6 is 0 Å². The molecule has 1 heterocycles. The molecule has 0 atom stereocenters. The lowest BCUT2D eigenvalue weighted by Crippen LogP contribution is -2.49. The van der Waals surface area contributed by atoms with Gasteiger partial charge in [0.2, 0.25) is 11.8 Å². The zero-order valence-electron chi connectivity index (χ0n) is 14.3. The Balaban J connectivity index is 1.82. The average Bonchev–Trinajstić information content (AvgIpc) is 2.49. The van der Waals surface area contributed by atoms with Crippen molar-refractivity contribution in [2.75, 3.05) is 38.0 Å². The van der Waals surface area contributed by atoms with Crippen molar-refractivity contribution in [1.29, 1.82) is 0 Å². The van der Waals surface area contributed by atoms with Gasteiger partial charge in [0, 0.05) is 45.3 Å². The van der Waals surface area contributed by atoms with E-state index in [1.165, 1.54) is 6.92 Å². The van der Waals surface area contributed by atoms with E-state index in [2.05, 4.69) is 24.1 Å². The molecule has 1 aromatic rings. The highest BCUT2D eigenvalue weighted by atomic mass is 16.2. The minimum absolute atomic E-state index is 0.0897. The molecule has 1 N–H and O–H groups in total. The average molecular weight is 317 g/mol. The van der Waals surface area contributed by atoms with Crippen molar-refractivity contribution in [2.45, 2.75) is 27.2 Å². The van der Waals surface area contributed by atoms with Crippen molar-refractivity contribution in [3.8, 4) is 0 Å². The van der Waals surface area contributed by atoms with Gasteiger partial charge in [0.05, 0.1) is 6.42 Å². The van der Waals surface area contributed by atoms with E-state index in [4.69, 9.17) is 0 Å². The highest BCUT2D eigenvalue weighted by Gasteiger charge is 2.21. The molecule has 0 bridgehead atoms. The number of rotatable bonds is 5. The maximum Gasteiger partial charge on any atom is 0.227 e. The molecule has 0 unspecified atom stereocenters. The van der Waals surface area contributed by atoms with Crippen LogP contribution in [-0.4, -0.2) is 54.3 Å². The van der Waals surface area contributed by atoms with Gasteiger partial charge in [-0.1, -0.05) is 26.0 Å². The lowest BCUT2D eigenvalue weighted by Gasteiger charge is -2.35. The fourth-order valence-electron chi connectivity index (χ4n) is 2.89. The molecule has 0 spiro atoms. The zero-order chi connectivity index (χ0) is 16.8. The zero-order valence-corrected chi connectivity index (χ0v) is 14.3. The van der Waals surface area contributed by atoms with Crippen molar-refractivity contribution in [3.05, 3.63) is 29.8 Å². The minimum Gasteiger partial charge on any atom is -0.340 e. The number of nitrogens with one attached hydrogen (secondary N) is 1. The van der Waals surface area contributed by atoms with Crippen molar-refractivity contribution in [3.63, 3.8) is 0 Å². The largest absolute Gasteiger partial charge is 0.340 e. The van der Waals surface area contributed by atoms with Gasteiger partial charge in [0.1, 0.15) is 0 Å². The summed E-state index contributed by atoms with van der Waals surface area (Å²) in [4.78, 5) is 27.8. The van der Waals surface area contributed by atoms with Gasteiger partial charge in [-0.3, -0.25) is 14.5 Å². The predicted octanol–water partition coefficient (Wildman–Crippen LogP) is 1.99. The summed E-state index contributed by atoms with van der Waals surface area (Å²) in [5.74, 6) is 0.758. The molecular weight excluding hydrogens is 290 g/mol. The van der Waals surface area contributed by atoms with Gasteiger partial charge in [0.25, 0.3) is 0 Å². The summed E-state index contributed by atoms with van der Waals surface area (Å²) in [5.41, 5.74) is 1.74. The number of carbonyl (C=O) groups is 2. The maximum atomic E-state index is 12.4. The number of benzene rings is 1. The second kappa shape index (κ2) is 8.11. The van der Waals surface area contributed by atoms with Crippen LogP contribution in [0.3, 0.4) is 0 Å². The molecule has 1 saturated heterocycles. The minimum atomic E-state index is -0.0897. The molecule has 2 rings (SSSR count). The SMILES string of the molecule is CC(=O)Nc1ccc(CC(=O)N2CCN(CC(C)C)CC2)cc1. The molecule has 5 nitrogen and oxygen atoms in total.